The molecule has 0 aliphatic heterocycles. The Morgan fingerprint density at radius 1 is 1.13 bits per heavy atom. The van der Waals surface area contributed by atoms with E-state index in [-0.39, 0.29) is 29.0 Å². The number of carbonyl (C=O) groups excluding carboxylic acids is 1. The molecule has 202 valence electrons. The van der Waals surface area contributed by atoms with Crippen LogP contribution in [0.5, 0.6) is 11.5 Å². The molecule has 39 heavy (non-hydrogen) atoms. The molecule has 1 saturated carbocycles. The highest BCUT2D eigenvalue weighted by Crippen LogP contribution is 2.37. The van der Waals surface area contributed by atoms with Crippen LogP contribution in [0.25, 0.3) is 11.3 Å². The first-order valence-electron chi connectivity index (χ1n) is 12.7. The first kappa shape index (κ1) is 26.1. The largest absolute Gasteiger partial charge is 0.489 e. The molecule has 0 spiro atoms. The van der Waals surface area contributed by atoms with Crippen molar-refractivity contribution in [1.82, 2.24) is 14.8 Å². The lowest BCUT2D eigenvalue weighted by Gasteiger charge is -2.21. The van der Waals surface area contributed by atoms with E-state index in [1.165, 1.54) is 19.1 Å². The molecule has 5 rings (SSSR count). The lowest BCUT2D eigenvalue weighted by atomic mass is 9.99. The third-order valence-corrected chi connectivity index (χ3v) is 6.41. The Kier molecular flexibility index (Phi) is 7.72. The number of hydrogen-bond donors (Lipinski definition) is 2. The van der Waals surface area contributed by atoms with Crippen molar-refractivity contribution in [2.75, 3.05) is 11.9 Å². The molecule has 1 amide bonds. The van der Waals surface area contributed by atoms with Crippen LogP contribution in [0.4, 0.5) is 14.5 Å². The van der Waals surface area contributed by atoms with Crippen molar-refractivity contribution in [2.24, 2.45) is 5.92 Å². The van der Waals surface area contributed by atoms with Gasteiger partial charge in [0.2, 0.25) is 11.5 Å². The number of hydrogen-bond acceptors (Lipinski definition) is 5. The van der Waals surface area contributed by atoms with Crippen LogP contribution in [0, 0.1) is 5.92 Å². The van der Waals surface area contributed by atoms with Gasteiger partial charge in [-0.3, -0.25) is 14.3 Å². The quantitative estimate of drug-likeness (QED) is 0.268. The monoisotopic (exact) mass is 534 g/mol. The van der Waals surface area contributed by atoms with Gasteiger partial charge in [-0.1, -0.05) is 18.2 Å². The summed E-state index contributed by atoms with van der Waals surface area (Å²) in [7, 11) is 0. The first-order chi connectivity index (χ1) is 18.8. The van der Waals surface area contributed by atoms with Crippen LogP contribution in [-0.2, 0) is 11.2 Å². The molecule has 2 N–H and O–H groups in total. The van der Waals surface area contributed by atoms with Gasteiger partial charge in [0.25, 0.3) is 0 Å². The van der Waals surface area contributed by atoms with E-state index in [1.54, 1.807) is 29.1 Å². The fourth-order valence-electron chi connectivity index (χ4n) is 4.36. The van der Waals surface area contributed by atoms with Crippen LogP contribution < -0.4 is 20.3 Å². The number of rotatable bonds is 11. The summed E-state index contributed by atoms with van der Waals surface area (Å²) in [6, 6.07) is 17.1. The zero-order chi connectivity index (χ0) is 27.4. The topological polar surface area (TPSA) is 98.2 Å². The van der Waals surface area contributed by atoms with E-state index in [0.29, 0.717) is 30.3 Å². The number of benzene rings is 2. The molecule has 1 fully saturated rings. The second kappa shape index (κ2) is 11.5. The second-order valence-corrected chi connectivity index (χ2v) is 9.56. The molecular formula is C29H28F2N4O4. The normalized spacial score (nSPS) is 13.7. The molecule has 2 heterocycles. The summed E-state index contributed by atoms with van der Waals surface area (Å²) < 4.78 is 38.5. The van der Waals surface area contributed by atoms with Gasteiger partial charge in [0.1, 0.15) is 0 Å². The Hall–Kier alpha value is -4.47. The Balaban J connectivity index is 1.51. The van der Waals surface area contributed by atoms with Gasteiger partial charge in [-0.15, -0.1) is 0 Å². The Labute approximate surface area is 223 Å². The van der Waals surface area contributed by atoms with Crippen molar-refractivity contribution in [3.05, 3.63) is 94.5 Å². The standard InChI is InChI=1S/C29H28F2N4O4/c1-18(36)33-23-4-2-3-21(15-23)24-10-12-35(34-24)25(13-20-9-11-32-28(37)14-20)22-7-8-26(39-29(30)31)27(16-22)38-17-19-5-6-19/h2-4,7-12,14-16,19,25,29H,5-6,13,17H2,1H3,(H,32,37)(H,33,36). The van der Waals surface area contributed by atoms with Gasteiger partial charge >= 0.3 is 6.61 Å². The van der Waals surface area contributed by atoms with Crippen LogP contribution >= 0.6 is 0 Å². The van der Waals surface area contributed by atoms with E-state index in [9.17, 15) is 18.4 Å². The number of nitrogens with zero attached hydrogens (tertiary/aromatic N) is 2. The van der Waals surface area contributed by atoms with Gasteiger partial charge < -0.3 is 19.8 Å². The van der Waals surface area contributed by atoms with Crippen LogP contribution in [0.1, 0.15) is 36.9 Å². The number of alkyl halides is 2. The zero-order valence-electron chi connectivity index (χ0n) is 21.3. The summed E-state index contributed by atoms with van der Waals surface area (Å²) in [4.78, 5) is 26.1. The average Bonchev–Trinajstić information content (AvgIpc) is 3.60. The van der Waals surface area contributed by atoms with E-state index >= 15 is 0 Å². The lowest BCUT2D eigenvalue weighted by molar-refractivity contribution is -0.114. The Bertz CT molecular complexity index is 1510. The molecular weight excluding hydrogens is 506 g/mol. The van der Waals surface area contributed by atoms with Crippen LogP contribution in [-0.4, -0.2) is 33.9 Å². The number of pyridine rings is 1. The number of aromatic amines is 1. The van der Waals surface area contributed by atoms with Crippen LogP contribution in [0.15, 0.2) is 77.9 Å². The maximum atomic E-state index is 13.1. The molecule has 10 heteroatoms. The number of aromatic nitrogens is 3. The predicted molar refractivity (Wildman–Crippen MR) is 142 cm³/mol. The van der Waals surface area contributed by atoms with Gasteiger partial charge in [-0.25, -0.2) is 0 Å². The fourth-order valence-corrected chi connectivity index (χ4v) is 4.36. The fraction of sp³-hybridized carbons (Fsp3) is 0.276. The molecule has 8 nitrogen and oxygen atoms in total. The molecule has 1 aliphatic rings. The maximum Gasteiger partial charge on any atom is 0.387 e. The van der Waals surface area contributed by atoms with Crippen molar-refractivity contribution in [1.29, 1.82) is 0 Å². The lowest BCUT2D eigenvalue weighted by Crippen LogP contribution is -2.16. The SMILES string of the molecule is CC(=O)Nc1cccc(-c2ccn(C(Cc3cc[nH]c(=O)c3)c3ccc(OC(F)F)c(OCC4CC4)c3)n2)c1. The highest BCUT2D eigenvalue weighted by molar-refractivity contribution is 5.89. The second-order valence-electron chi connectivity index (χ2n) is 9.56. The highest BCUT2D eigenvalue weighted by Gasteiger charge is 2.24. The van der Waals surface area contributed by atoms with Gasteiger partial charge in [-0.05, 0) is 72.7 Å². The molecule has 2 aromatic heterocycles. The number of halogens is 2. The first-order valence-corrected chi connectivity index (χ1v) is 12.7. The molecule has 1 unspecified atom stereocenters. The van der Waals surface area contributed by atoms with E-state index in [1.807, 2.05) is 36.5 Å². The molecule has 4 aromatic rings. The number of ether oxygens (including phenoxy) is 2. The third kappa shape index (κ3) is 6.90. The van der Waals surface area contributed by atoms with E-state index < -0.39 is 6.61 Å². The minimum Gasteiger partial charge on any atom is -0.489 e. The van der Waals surface area contributed by atoms with E-state index in [2.05, 4.69) is 10.3 Å². The summed E-state index contributed by atoms with van der Waals surface area (Å²) in [6.45, 7) is -1.10. The molecule has 0 radical (unpaired) electrons. The number of H-pyrrole nitrogens is 1. The minimum absolute atomic E-state index is 0.0275. The highest BCUT2D eigenvalue weighted by atomic mass is 19.3. The zero-order valence-corrected chi connectivity index (χ0v) is 21.3. The summed E-state index contributed by atoms with van der Waals surface area (Å²) in [5, 5.41) is 7.58. The smallest absolute Gasteiger partial charge is 0.387 e. The minimum atomic E-state index is -2.98. The number of anilines is 1. The van der Waals surface area contributed by atoms with Gasteiger partial charge in [0.05, 0.1) is 18.3 Å². The molecule has 1 atom stereocenters. The number of nitrogens with one attached hydrogen (secondary N) is 2. The molecule has 1 aliphatic carbocycles. The third-order valence-electron chi connectivity index (χ3n) is 6.41. The predicted octanol–water partition coefficient (Wildman–Crippen LogP) is 5.42. The van der Waals surface area contributed by atoms with E-state index in [4.69, 9.17) is 14.6 Å². The van der Waals surface area contributed by atoms with Gasteiger partial charge in [-0.2, -0.15) is 13.9 Å². The number of carbonyl (C=O) groups is 1. The van der Waals surface area contributed by atoms with Crippen LogP contribution in [0.3, 0.4) is 0 Å². The van der Waals surface area contributed by atoms with Crippen molar-refractivity contribution in [3.8, 4) is 22.8 Å². The maximum absolute atomic E-state index is 13.1. The summed E-state index contributed by atoms with van der Waals surface area (Å²) in [5.74, 6) is 0.461. The molecule has 0 saturated heterocycles. The van der Waals surface area contributed by atoms with E-state index in [0.717, 1.165) is 29.5 Å². The van der Waals surface area contributed by atoms with Gasteiger partial charge in [0, 0.05) is 36.6 Å². The van der Waals surface area contributed by atoms with Crippen molar-refractivity contribution < 1.29 is 23.0 Å². The van der Waals surface area contributed by atoms with Crippen molar-refractivity contribution in [3.63, 3.8) is 0 Å². The van der Waals surface area contributed by atoms with Crippen molar-refractivity contribution in [2.45, 2.75) is 38.8 Å². The molecule has 0 bridgehead atoms. The van der Waals surface area contributed by atoms with Gasteiger partial charge in [0.15, 0.2) is 11.5 Å². The average molecular weight is 535 g/mol. The Morgan fingerprint density at radius 3 is 2.72 bits per heavy atom. The van der Waals surface area contributed by atoms with Crippen molar-refractivity contribution >= 4 is 11.6 Å². The van der Waals surface area contributed by atoms with Crippen LogP contribution in [0.2, 0.25) is 0 Å². The Morgan fingerprint density at radius 2 is 1.97 bits per heavy atom. The summed E-state index contributed by atoms with van der Waals surface area (Å²) in [6.07, 6.45) is 5.92. The summed E-state index contributed by atoms with van der Waals surface area (Å²) >= 11 is 0. The molecule has 2 aromatic carbocycles. The number of amides is 1. The summed E-state index contributed by atoms with van der Waals surface area (Å²) in [5.41, 5.74) is 3.45.